The van der Waals surface area contributed by atoms with Crippen molar-refractivity contribution >= 4 is 33.5 Å². The number of hydrogen-bond acceptors (Lipinski definition) is 4. The van der Waals surface area contributed by atoms with Gasteiger partial charge in [-0.25, -0.2) is 4.79 Å². The van der Waals surface area contributed by atoms with E-state index in [1.807, 2.05) is 6.07 Å². The number of esters is 1. The molecular weight excluding hydrogens is 372 g/mol. The first-order valence-corrected chi connectivity index (χ1v) is 8.37. The fraction of sp³-hybridized carbons (Fsp3) is 0.211. The first-order valence-electron chi connectivity index (χ1n) is 7.57. The zero-order valence-electron chi connectivity index (χ0n) is 13.2. The summed E-state index contributed by atoms with van der Waals surface area (Å²) in [5.41, 5.74) is 1.12. The summed E-state index contributed by atoms with van der Waals surface area (Å²) in [6, 6.07) is 15.7. The van der Waals surface area contributed by atoms with E-state index in [0.717, 1.165) is 4.47 Å². The zero-order valence-corrected chi connectivity index (χ0v) is 14.8. The molecule has 0 radical (unpaired) electrons. The average molecular weight is 389 g/mol. The fourth-order valence-corrected chi connectivity index (χ4v) is 2.60. The van der Waals surface area contributed by atoms with Crippen molar-refractivity contribution in [2.45, 2.75) is 19.3 Å². The van der Waals surface area contributed by atoms with E-state index in [1.165, 1.54) is 0 Å². The predicted molar refractivity (Wildman–Crippen MR) is 93.9 cm³/mol. The minimum absolute atomic E-state index is 0.0801. The topological polar surface area (TPSA) is 60.4 Å². The number of halogens is 1. The highest BCUT2D eigenvalue weighted by Gasteiger charge is 2.30. The summed E-state index contributed by atoms with van der Waals surface area (Å²) < 4.78 is 5.67. The summed E-state index contributed by atoms with van der Waals surface area (Å²) in [4.78, 5) is 36.8. The number of benzene rings is 2. The number of Topliss-reactive ketones (excluding diaryl/α,β-unsaturated/α-hetero) is 2. The van der Waals surface area contributed by atoms with Crippen LogP contribution in [0.3, 0.4) is 0 Å². The number of rotatable bonds is 7. The second-order valence-electron chi connectivity index (χ2n) is 5.18. The molecule has 0 N–H and O–H groups in total. The number of hydrogen-bond donors (Lipinski definition) is 0. The highest BCUT2D eigenvalue weighted by atomic mass is 79.9. The van der Waals surface area contributed by atoms with Crippen LogP contribution in [0.2, 0.25) is 0 Å². The van der Waals surface area contributed by atoms with Gasteiger partial charge >= 0.3 is 5.97 Å². The van der Waals surface area contributed by atoms with Crippen LogP contribution in [0, 0.1) is 0 Å². The molecule has 0 heterocycles. The van der Waals surface area contributed by atoms with Crippen molar-refractivity contribution in [2.24, 2.45) is 0 Å². The van der Waals surface area contributed by atoms with E-state index in [0.29, 0.717) is 11.1 Å². The standard InChI is InChI=1S/C19H17BrO4/c1-2-24-19(23)18(22)16(13-6-4-3-5-7-13)12-17(21)14-8-10-15(20)11-9-14/h3-11,16H,2,12H2,1H3. The summed E-state index contributed by atoms with van der Waals surface area (Å²) in [5.74, 6) is -2.65. The monoisotopic (exact) mass is 388 g/mol. The van der Waals surface area contributed by atoms with E-state index < -0.39 is 17.7 Å². The molecule has 2 aromatic carbocycles. The maximum atomic E-state index is 12.5. The minimum Gasteiger partial charge on any atom is -0.460 e. The normalized spacial score (nSPS) is 11.6. The Morgan fingerprint density at radius 3 is 2.21 bits per heavy atom. The molecule has 0 aromatic heterocycles. The molecular formula is C19H17BrO4. The van der Waals surface area contributed by atoms with Gasteiger partial charge in [-0.1, -0.05) is 58.4 Å². The molecule has 124 valence electrons. The summed E-state index contributed by atoms with van der Waals surface area (Å²) >= 11 is 3.32. The molecule has 0 saturated heterocycles. The second kappa shape index (κ2) is 8.55. The molecule has 24 heavy (non-hydrogen) atoms. The second-order valence-corrected chi connectivity index (χ2v) is 6.10. The van der Waals surface area contributed by atoms with E-state index in [4.69, 9.17) is 4.74 Å². The van der Waals surface area contributed by atoms with Crippen molar-refractivity contribution in [3.63, 3.8) is 0 Å². The van der Waals surface area contributed by atoms with Crippen LogP contribution < -0.4 is 0 Å². The highest BCUT2D eigenvalue weighted by Crippen LogP contribution is 2.24. The summed E-state index contributed by atoms with van der Waals surface area (Å²) in [6.07, 6.45) is -0.0801. The van der Waals surface area contributed by atoms with E-state index >= 15 is 0 Å². The van der Waals surface area contributed by atoms with E-state index in [1.54, 1.807) is 55.5 Å². The third-order valence-corrected chi connectivity index (χ3v) is 4.08. The lowest BCUT2D eigenvalue weighted by Gasteiger charge is -2.15. The van der Waals surface area contributed by atoms with Crippen LogP contribution >= 0.6 is 15.9 Å². The van der Waals surface area contributed by atoms with Gasteiger partial charge in [0.2, 0.25) is 5.78 Å². The molecule has 4 nitrogen and oxygen atoms in total. The van der Waals surface area contributed by atoms with Crippen molar-refractivity contribution in [1.82, 2.24) is 0 Å². The van der Waals surface area contributed by atoms with Crippen LogP contribution in [0.25, 0.3) is 0 Å². The molecule has 0 aliphatic heterocycles. The van der Waals surface area contributed by atoms with Gasteiger partial charge in [-0.15, -0.1) is 0 Å². The molecule has 0 aliphatic carbocycles. The van der Waals surface area contributed by atoms with Crippen LogP contribution in [-0.2, 0) is 14.3 Å². The Labute approximate surface area is 149 Å². The summed E-state index contributed by atoms with van der Waals surface area (Å²) in [6.45, 7) is 1.75. The van der Waals surface area contributed by atoms with Crippen molar-refractivity contribution in [3.8, 4) is 0 Å². The van der Waals surface area contributed by atoms with Gasteiger partial charge < -0.3 is 4.74 Å². The molecule has 0 saturated carbocycles. The Hall–Kier alpha value is -2.27. The molecule has 0 fully saturated rings. The molecule has 0 bridgehead atoms. The number of carbonyl (C=O) groups is 3. The maximum Gasteiger partial charge on any atom is 0.375 e. The van der Waals surface area contributed by atoms with E-state index in [2.05, 4.69) is 15.9 Å². The predicted octanol–water partition coefficient (Wildman–Crippen LogP) is 3.94. The van der Waals surface area contributed by atoms with E-state index in [9.17, 15) is 14.4 Å². The first-order chi connectivity index (χ1) is 11.5. The lowest BCUT2D eigenvalue weighted by Crippen LogP contribution is -2.26. The quantitative estimate of drug-likeness (QED) is 0.409. The molecule has 0 spiro atoms. The van der Waals surface area contributed by atoms with Crippen molar-refractivity contribution in [1.29, 1.82) is 0 Å². The molecule has 2 aromatic rings. The molecule has 1 unspecified atom stereocenters. The molecule has 1 atom stereocenters. The van der Waals surface area contributed by atoms with Crippen LogP contribution in [-0.4, -0.2) is 24.1 Å². The molecule has 0 aliphatic rings. The number of carbonyl (C=O) groups excluding carboxylic acids is 3. The molecule has 2 rings (SSSR count). The third-order valence-electron chi connectivity index (χ3n) is 3.55. The van der Waals surface area contributed by atoms with Crippen molar-refractivity contribution in [3.05, 3.63) is 70.2 Å². The van der Waals surface area contributed by atoms with Gasteiger partial charge in [0, 0.05) is 16.5 Å². The van der Waals surface area contributed by atoms with Crippen LogP contribution in [0.5, 0.6) is 0 Å². The van der Waals surface area contributed by atoms with E-state index in [-0.39, 0.29) is 18.8 Å². The van der Waals surface area contributed by atoms with Gasteiger partial charge in [0.25, 0.3) is 0 Å². The van der Waals surface area contributed by atoms with Gasteiger partial charge in [-0.3, -0.25) is 9.59 Å². The largest absolute Gasteiger partial charge is 0.460 e. The van der Waals surface area contributed by atoms with Gasteiger partial charge in [0.1, 0.15) is 0 Å². The van der Waals surface area contributed by atoms with Gasteiger partial charge in [-0.2, -0.15) is 0 Å². The fourth-order valence-electron chi connectivity index (χ4n) is 2.33. The van der Waals surface area contributed by atoms with Crippen LogP contribution in [0.15, 0.2) is 59.1 Å². The van der Waals surface area contributed by atoms with Gasteiger partial charge in [0.15, 0.2) is 5.78 Å². The number of ether oxygens (including phenoxy) is 1. The minimum atomic E-state index is -0.907. The van der Waals surface area contributed by atoms with Gasteiger partial charge in [0.05, 0.1) is 12.5 Å². The van der Waals surface area contributed by atoms with Crippen LogP contribution in [0.1, 0.15) is 35.2 Å². The average Bonchev–Trinajstić information content (AvgIpc) is 2.60. The lowest BCUT2D eigenvalue weighted by molar-refractivity contribution is -0.154. The smallest absolute Gasteiger partial charge is 0.375 e. The lowest BCUT2D eigenvalue weighted by atomic mass is 9.88. The number of ketones is 2. The van der Waals surface area contributed by atoms with Crippen LogP contribution in [0.4, 0.5) is 0 Å². The Morgan fingerprint density at radius 2 is 1.62 bits per heavy atom. The Balaban J connectivity index is 2.26. The Morgan fingerprint density at radius 1 is 1.00 bits per heavy atom. The SMILES string of the molecule is CCOC(=O)C(=O)C(CC(=O)c1ccc(Br)cc1)c1ccccc1. The summed E-state index contributed by atoms with van der Waals surface area (Å²) in [5, 5.41) is 0. The third kappa shape index (κ3) is 4.61. The maximum absolute atomic E-state index is 12.5. The molecule has 0 amide bonds. The van der Waals surface area contributed by atoms with Crippen molar-refractivity contribution < 1.29 is 19.1 Å². The van der Waals surface area contributed by atoms with Crippen molar-refractivity contribution in [2.75, 3.05) is 6.61 Å². The summed E-state index contributed by atoms with van der Waals surface area (Å²) in [7, 11) is 0. The highest BCUT2D eigenvalue weighted by molar-refractivity contribution is 9.10. The molecule has 5 heteroatoms. The Bertz CT molecular complexity index is 723. The Kier molecular flexibility index (Phi) is 6.44. The zero-order chi connectivity index (χ0) is 17.5. The first kappa shape index (κ1) is 18.1. The van der Waals surface area contributed by atoms with Gasteiger partial charge in [-0.05, 0) is 24.6 Å².